The van der Waals surface area contributed by atoms with Gasteiger partial charge in [0.25, 0.3) is 0 Å². The number of carbonyl (C=O) groups is 1. The van der Waals surface area contributed by atoms with Gasteiger partial charge in [-0.1, -0.05) is 55.8 Å². The number of hydrogen-bond acceptors (Lipinski definition) is 2. The normalized spacial score (nSPS) is 33.6. The van der Waals surface area contributed by atoms with Crippen LogP contribution >= 0.6 is 15.9 Å². The number of hydrogen-bond donors (Lipinski definition) is 0. The zero-order chi connectivity index (χ0) is 18.2. The first-order valence-electron chi connectivity index (χ1n) is 9.44. The largest absolute Gasteiger partial charge is 0.458 e. The zero-order valence-corrected chi connectivity index (χ0v) is 17.3. The van der Waals surface area contributed by atoms with Crippen LogP contribution in [0.15, 0.2) is 40.9 Å². The molecule has 1 aromatic rings. The van der Waals surface area contributed by atoms with E-state index in [-0.39, 0.29) is 22.9 Å². The van der Waals surface area contributed by atoms with Crippen LogP contribution in [0.3, 0.4) is 0 Å². The van der Waals surface area contributed by atoms with Crippen LogP contribution in [-0.4, -0.2) is 12.1 Å². The van der Waals surface area contributed by atoms with Crippen molar-refractivity contribution in [3.05, 3.63) is 46.5 Å². The first-order chi connectivity index (χ1) is 11.8. The van der Waals surface area contributed by atoms with Crippen LogP contribution in [-0.2, 0) is 4.74 Å². The summed E-state index contributed by atoms with van der Waals surface area (Å²) in [5.74, 6) is 0.877. The Labute approximate surface area is 160 Å². The maximum absolute atomic E-state index is 12.9. The van der Waals surface area contributed by atoms with E-state index in [2.05, 4.69) is 55.8 Å². The van der Waals surface area contributed by atoms with E-state index in [9.17, 15) is 4.79 Å². The van der Waals surface area contributed by atoms with Gasteiger partial charge in [0.1, 0.15) is 6.10 Å². The Morgan fingerprint density at radius 3 is 2.56 bits per heavy atom. The highest BCUT2D eigenvalue weighted by molar-refractivity contribution is 9.10. The molecule has 0 N–H and O–H groups in total. The average molecular weight is 405 g/mol. The van der Waals surface area contributed by atoms with Crippen LogP contribution in [0.25, 0.3) is 0 Å². The quantitative estimate of drug-likeness (QED) is 0.429. The highest BCUT2D eigenvalue weighted by atomic mass is 79.9. The zero-order valence-electron chi connectivity index (χ0n) is 15.7. The summed E-state index contributed by atoms with van der Waals surface area (Å²) in [5.41, 5.74) is 0.608. The van der Waals surface area contributed by atoms with Gasteiger partial charge in [0, 0.05) is 15.3 Å². The van der Waals surface area contributed by atoms with Crippen molar-refractivity contribution in [3.8, 4) is 0 Å². The first-order valence-corrected chi connectivity index (χ1v) is 10.2. The molecular weight excluding hydrogens is 376 g/mol. The standard InChI is InChI=1S/C22H29BrO2/c1-5-22-15(2)8-11-17(22)7-6-14-21(3,4)20(22)25-19(24)16-9-12-18(23)13-10-16/h6-7,9-10,12-13,15,17,20H,5,8,11,14H2,1-4H3/t15-,17-,20+,22+/m1/s1. The molecule has 4 atom stereocenters. The highest BCUT2D eigenvalue weighted by Crippen LogP contribution is 2.59. The minimum atomic E-state index is -0.196. The molecule has 0 spiro atoms. The van der Waals surface area contributed by atoms with E-state index < -0.39 is 0 Å². The predicted octanol–water partition coefficient (Wildman–Crippen LogP) is 6.40. The molecule has 136 valence electrons. The molecule has 3 rings (SSSR count). The summed E-state index contributed by atoms with van der Waals surface area (Å²) in [6, 6.07) is 7.46. The molecule has 0 aromatic heterocycles. The first kappa shape index (κ1) is 18.7. The lowest BCUT2D eigenvalue weighted by Crippen LogP contribution is -2.51. The Hall–Kier alpha value is -1.09. The molecule has 0 saturated heterocycles. The van der Waals surface area contributed by atoms with E-state index >= 15 is 0 Å². The molecule has 1 fully saturated rings. The monoisotopic (exact) mass is 404 g/mol. The SMILES string of the molecule is CC[C@]12[C@H](C)CC[C@H]1C=CCC(C)(C)[C@@H]2OC(=O)c1ccc(Br)cc1. The van der Waals surface area contributed by atoms with Crippen LogP contribution in [0.2, 0.25) is 0 Å². The lowest BCUT2D eigenvalue weighted by molar-refractivity contribution is -0.0997. The van der Waals surface area contributed by atoms with Gasteiger partial charge in [-0.05, 0) is 61.8 Å². The van der Waals surface area contributed by atoms with Crippen molar-refractivity contribution < 1.29 is 9.53 Å². The number of esters is 1. The summed E-state index contributed by atoms with van der Waals surface area (Å²) in [4.78, 5) is 12.9. The lowest BCUT2D eigenvalue weighted by atomic mass is 9.60. The topological polar surface area (TPSA) is 26.3 Å². The second-order valence-corrected chi connectivity index (χ2v) is 9.38. The second-order valence-electron chi connectivity index (χ2n) is 8.46. The third kappa shape index (κ3) is 3.20. The van der Waals surface area contributed by atoms with E-state index in [4.69, 9.17) is 4.74 Å². The van der Waals surface area contributed by atoms with E-state index in [1.54, 1.807) is 0 Å². The molecule has 0 aliphatic heterocycles. The second kappa shape index (κ2) is 6.90. The van der Waals surface area contributed by atoms with Gasteiger partial charge in [-0.3, -0.25) is 0 Å². The van der Waals surface area contributed by atoms with E-state index in [1.807, 2.05) is 24.3 Å². The van der Waals surface area contributed by atoms with Gasteiger partial charge in [-0.15, -0.1) is 0 Å². The maximum Gasteiger partial charge on any atom is 0.338 e. The number of ether oxygens (including phenoxy) is 1. The molecule has 0 heterocycles. The lowest BCUT2D eigenvalue weighted by Gasteiger charge is -2.48. The van der Waals surface area contributed by atoms with Crippen molar-refractivity contribution in [3.63, 3.8) is 0 Å². The fraction of sp³-hybridized carbons (Fsp3) is 0.591. The molecule has 1 aromatic carbocycles. The van der Waals surface area contributed by atoms with Crippen LogP contribution in [0.4, 0.5) is 0 Å². The van der Waals surface area contributed by atoms with Crippen LogP contribution < -0.4 is 0 Å². The Balaban J connectivity index is 1.97. The summed E-state index contributed by atoms with van der Waals surface area (Å²) >= 11 is 3.43. The summed E-state index contributed by atoms with van der Waals surface area (Å²) in [6.07, 6.45) is 9.07. The van der Waals surface area contributed by atoms with Crippen molar-refractivity contribution in [1.29, 1.82) is 0 Å². The third-order valence-corrected chi connectivity index (χ3v) is 7.17. The number of fused-ring (bicyclic) bond motifs is 1. The van der Waals surface area contributed by atoms with E-state index in [0.717, 1.165) is 17.3 Å². The van der Waals surface area contributed by atoms with Crippen molar-refractivity contribution >= 4 is 21.9 Å². The molecule has 0 amide bonds. The molecule has 2 aliphatic rings. The van der Waals surface area contributed by atoms with E-state index in [0.29, 0.717) is 17.4 Å². The molecule has 2 nitrogen and oxygen atoms in total. The Kier molecular flexibility index (Phi) is 5.16. The molecule has 1 saturated carbocycles. The fourth-order valence-electron chi connectivity index (χ4n) is 5.26. The molecule has 3 heteroatoms. The highest BCUT2D eigenvalue weighted by Gasteiger charge is 2.57. The Bertz CT molecular complexity index is 661. The van der Waals surface area contributed by atoms with Gasteiger partial charge in [0.2, 0.25) is 0 Å². The van der Waals surface area contributed by atoms with Gasteiger partial charge in [0.05, 0.1) is 5.56 Å². The van der Waals surface area contributed by atoms with Gasteiger partial charge in [0.15, 0.2) is 0 Å². The van der Waals surface area contributed by atoms with Crippen molar-refractivity contribution in [2.45, 2.75) is 59.5 Å². The number of rotatable bonds is 3. The van der Waals surface area contributed by atoms with Gasteiger partial charge >= 0.3 is 5.97 Å². The van der Waals surface area contributed by atoms with Crippen molar-refractivity contribution in [2.24, 2.45) is 22.7 Å². The minimum absolute atomic E-state index is 0.0432. The van der Waals surface area contributed by atoms with Crippen molar-refractivity contribution in [1.82, 2.24) is 0 Å². The summed E-state index contributed by atoms with van der Waals surface area (Å²) in [6.45, 7) is 9.12. The fourth-order valence-corrected chi connectivity index (χ4v) is 5.52. The Morgan fingerprint density at radius 1 is 1.24 bits per heavy atom. The third-order valence-electron chi connectivity index (χ3n) is 6.65. The van der Waals surface area contributed by atoms with Gasteiger partial charge in [-0.2, -0.15) is 0 Å². The van der Waals surface area contributed by atoms with Gasteiger partial charge < -0.3 is 4.74 Å². The maximum atomic E-state index is 12.9. The minimum Gasteiger partial charge on any atom is -0.458 e. The van der Waals surface area contributed by atoms with Crippen LogP contribution in [0.5, 0.6) is 0 Å². The molecule has 25 heavy (non-hydrogen) atoms. The predicted molar refractivity (Wildman–Crippen MR) is 105 cm³/mol. The molecule has 0 bridgehead atoms. The Morgan fingerprint density at radius 2 is 1.92 bits per heavy atom. The number of benzene rings is 1. The molecule has 2 aliphatic carbocycles. The van der Waals surface area contributed by atoms with Crippen molar-refractivity contribution in [2.75, 3.05) is 0 Å². The summed E-state index contributed by atoms with van der Waals surface area (Å²) in [7, 11) is 0. The smallest absolute Gasteiger partial charge is 0.338 e. The molecule has 0 radical (unpaired) electrons. The number of halogens is 1. The van der Waals surface area contributed by atoms with Crippen LogP contribution in [0.1, 0.15) is 63.7 Å². The molecular formula is C22H29BrO2. The van der Waals surface area contributed by atoms with Gasteiger partial charge in [-0.25, -0.2) is 4.79 Å². The number of allylic oxidation sites excluding steroid dienone is 2. The summed E-state index contributed by atoms with van der Waals surface area (Å²) in [5, 5.41) is 0. The van der Waals surface area contributed by atoms with E-state index in [1.165, 1.54) is 12.8 Å². The molecule has 0 unspecified atom stereocenters. The summed E-state index contributed by atoms with van der Waals surface area (Å²) < 4.78 is 7.27. The van der Waals surface area contributed by atoms with Crippen LogP contribution in [0, 0.1) is 22.7 Å². The number of carbonyl (C=O) groups excluding carboxylic acids is 1. The average Bonchev–Trinajstić information content (AvgIpc) is 2.83.